The summed E-state index contributed by atoms with van der Waals surface area (Å²) in [6.45, 7) is 10.5. The smallest absolute Gasteiger partial charge is 0.411 e. The lowest BCUT2D eigenvalue weighted by Gasteiger charge is -2.21. The number of rotatable bonds is 10. The fourth-order valence-corrected chi connectivity index (χ4v) is 3.42. The first-order valence-corrected chi connectivity index (χ1v) is 13.7. The van der Waals surface area contributed by atoms with Crippen molar-refractivity contribution in [3.05, 3.63) is 41.5 Å². The van der Waals surface area contributed by atoms with Crippen LogP contribution in [-0.2, 0) is 14.2 Å². The summed E-state index contributed by atoms with van der Waals surface area (Å²) in [6.07, 6.45) is -0.646. The number of hydrogen-bond acceptors (Lipinski definition) is 5. The lowest BCUT2D eigenvalue weighted by Crippen LogP contribution is -2.24. The number of hydrogen-bond donors (Lipinski definition) is 1. The Kier molecular flexibility index (Phi) is 8.66. The van der Waals surface area contributed by atoms with E-state index in [-0.39, 0.29) is 31.2 Å². The van der Waals surface area contributed by atoms with Gasteiger partial charge in [-0.05, 0) is 19.9 Å². The van der Waals surface area contributed by atoms with Crippen LogP contribution in [0.1, 0.15) is 25.8 Å². The molecule has 0 radical (unpaired) electrons. The second-order valence-corrected chi connectivity index (χ2v) is 13.5. The Morgan fingerprint density at radius 1 is 1.13 bits per heavy atom. The highest BCUT2D eigenvalue weighted by Crippen LogP contribution is 2.31. The van der Waals surface area contributed by atoms with Crippen LogP contribution < -0.4 is 5.32 Å². The SMILES string of the molecule is CCOC(OCC)c1c(NC(=O)OCC[Si](C)(C)C)cnn1-c1c(F)cc(F)cc1F. The molecule has 11 heteroatoms. The highest BCUT2D eigenvalue weighted by atomic mass is 28.3. The lowest BCUT2D eigenvalue weighted by molar-refractivity contribution is -0.143. The first kappa shape index (κ1) is 24.9. The van der Waals surface area contributed by atoms with E-state index < -0.39 is 43.6 Å². The molecule has 0 aliphatic carbocycles. The largest absolute Gasteiger partial charge is 0.450 e. The molecule has 0 spiro atoms. The van der Waals surface area contributed by atoms with Crippen molar-refractivity contribution in [2.75, 3.05) is 25.1 Å². The van der Waals surface area contributed by atoms with Crippen molar-refractivity contribution in [2.24, 2.45) is 0 Å². The molecule has 2 rings (SSSR count). The molecule has 0 aliphatic rings. The molecule has 172 valence electrons. The van der Waals surface area contributed by atoms with Crippen molar-refractivity contribution in [3.63, 3.8) is 0 Å². The van der Waals surface area contributed by atoms with Crippen molar-refractivity contribution < 1.29 is 32.2 Å². The van der Waals surface area contributed by atoms with Gasteiger partial charge in [0.25, 0.3) is 0 Å². The molecule has 1 aromatic carbocycles. The zero-order chi connectivity index (χ0) is 23.2. The van der Waals surface area contributed by atoms with Crippen LogP contribution in [0.4, 0.5) is 23.7 Å². The Balaban J connectivity index is 2.42. The van der Waals surface area contributed by atoms with Gasteiger partial charge in [0.05, 0.1) is 18.5 Å². The number of aromatic nitrogens is 2. The molecular formula is C20H28F3N3O4Si. The van der Waals surface area contributed by atoms with Crippen LogP contribution >= 0.6 is 0 Å². The summed E-state index contributed by atoms with van der Waals surface area (Å²) in [5.41, 5.74) is -0.496. The maximum Gasteiger partial charge on any atom is 0.411 e. The maximum atomic E-state index is 14.4. The standard InChI is InChI=1S/C20H28F3N3O4Si/c1-6-28-19(29-7-2)18-16(25-20(27)30-8-9-31(3,4)5)12-24-26(18)17-14(22)10-13(21)11-15(17)23/h10-12,19H,6-9H2,1-5H3,(H,25,27). The second-order valence-electron chi connectivity index (χ2n) is 7.89. The van der Waals surface area contributed by atoms with Gasteiger partial charge in [-0.1, -0.05) is 19.6 Å². The molecule has 0 unspecified atom stereocenters. The third-order valence-electron chi connectivity index (χ3n) is 4.18. The minimum Gasteiger partial charge on any atom is -0.450 e. The molecule has 31 heavy (non-hydrogen) atoms. The summed E-state index contributed by atoms with van der Waals surface area (Å²) >= 11 is 0. The Morgan fingerprint density at radius 3 is 2.23 bits per heavy atom. The summed E-state index contributed by atoms with van der Waals surface area (Å²) in [6, 6.07) is 1.86. The van der Waals surface area contributed by atoms with Crippen LogP contribution in [0.3, 0.4) is 0 Å². The molecule has 0 saturated heterocycles. The maximum absolute atomic E-state index is 14.4. The molecule has 0 saturated carbocycles. The zero-order valence-corrected chi connectivity index (χ0v) is 19.3. The molecule has 1 aromatic heterocycles. The summed E-state index contributed by atoms with van der Waals surface area (Å²) in [5, 5.41) is 6.51. The molecule has 2 aromatic rings. The molecular weight excluding hydrogens is 431 g/mol. The van der Waals surface area contributed by atoms with Gasteiger partial charge < -0.3 is 14.2 Å². The van der Waals surface area contributed by atoms with E-state index in [0.29, 0.717) is 12.1 Å². The summed E-state index contributed by atoms with van der Waals surface area (Å²) in [4.78, 5) is 12.3. The molecule has 0 fully saturated rings. The van der Waals surface area contributed by atoms with Gasteiger partial charge in [-0.15, -0.1) is 0 Å². The summed E-state index contributed by atoms with van der Waals surface area (Å²) in [5.74, 6) is -3.40. The van der Waals surface area contributed by atoms with E-state index in [1.165, 1.54) is 6.20 Å². The average molecular weight is 460 g/mol. The number of nitrogens with zero attached hydrogens (tertiary/aromatic N) is 2. The van der Waals surface area contributed by atoms with Crippen molar-refractivity contribution in [1.29, 1.82) is 0 Å². The van der Waals surface area contributed by atoms with E-state index in [0.717, 1.165) is 10.7 Å². The Hall–Kier alpha value is -2.37. The van der Waals surface area contributed by atoms with Gasteiger partial charge in [-0.25, -0.2) is 22.6 Å². The van der Waals surface area contributed by atoms with Gasteiger partial charge in [0.1, 0.15) is 17.2 Å². The van der Waals surface area contributed by atoms with Crippen molar-refractivity contribution >= 4 is 19.9 Å². The predicted molar refractivity (Wildman–Crippen MR) is 113 cm³/mol. The fourth-order valence-electron chi connectivity index (χ4n) is 2.70. The molecule has 1 heterocycles. The third kappa shape index (κ3) is 6.81. The van der Waals surface area contributed by atoms with Gasteiger partial charge in [0.15, 0.2) is 11.6 Å². The second kappa shape index (κ2) is 10.8. The molecule has 0 atom stereocenters. The molecule has 0 aliphatic heterocycles. The highest BCUT2D eigenvalue weighted by molar-refractivity contribution is 6.76. The first-order valence-electron chi connectivity index (χ1n) is 9.97. The minimum atomic E-state index is -1.40. The summed E-state index contributed by atoms with van der Waals surface area (Å²) in [7, 11) is -1.40. The topological polar surface area (TPSA) is 74.6 Å². The monoisotopic (exact) mass is 459 g/mol. The molecule has 1 N–H and O–H groups in total. The number of ether oxygens (including phenoxy) is 3. The van der Waals surface area contributed by atoms with E-state index in [9.17, 15) is 18.0 Å². The number of nitrogens with one attached hydrogen (secondary N) is 1. The van der Waals surface area contributed by atoms with E-state index in [1.807, 2.05) is 0 Å². The number of amides is 1. The number of carbonyl (C=O) groups is 1. The predicted octanol–water partition coefficient (Wildman–Crippen LogP) is 5.25. The molecule has 7 nitrogen and oxygen atoms in total. The van der Waals surface area contributed by atoms with Crippen molar-refractivity contribution in [3.8, 4) is 5.69 Å². The normalized spacial score (nSPS) is 11.8. The summed E-state index contributed by atoms with van der Waals surface area (Å²) < 4.78 is 59.5. The number of benzene rings is 1. The van der Waals surface area contributed by atoms with Gasteiger partial charge in [0.2, 0.25) is 6.29 Å². The van der Waals surface area contributed by atoms with Crippen LogP contribution in [0.2, 0.25) is 25.7 Å². The van der Waals surface area contributed by atoms with Crippen molar-refractivity contribution in [1.82, 2.24) is 9.78 Å². The minimum absolute atomic E-state index is 0.0373. The van der Waals surface area contributed by atoms with Crippen LogP contribution in [0, 0.1) is 17.5 Å². The van der Waals surface area contributed by atoms with Crippen LogP contribution in [0.5, 0.6) is 0 Å². The Morgan fingerprint density at radius 2 is 1.71 bits per heavy atom. The van der Waals surface area contributed by atoms with E-state index in [2.05, 4.69) is 30.1 Å². The van der Waals surface area contributed by atoms with Crippen LogP contribution in [0.25, 0.3) is 5.69 Å². The first-order chi connectivity index (χ1) is 14.6. The Bertz CT molecular complexity index is 873. The zero-order valence-electron chi connectivity index (χ0n) is 18.3. The third-order valence-corrected chi connectivity index (χ3v) is 5.89. The Labute approximate surface area is 180 Å². The molecule has 1 amide bonds. The van der Waals surface area contributed by atoms with Gasteiger partial charge in [-0.2, -0.15) is 5.10 Å². The van der Waals surface area contributed by atoms with Gasteiger partial charge >= 0.3 is 6.09 Å². The van der Waals surface area contributed by atoms with E-state index in [4.69, 9.17) is 14.2 Å². The van der Waals surface area contributed by atoms with Crippen molar-refractivity contribution in [2.45, 2.75) is 45.8 Å². The highest BCUT2D eigenvalue weighted by Gasteiger charge is 2.28. The van der Waals surface area contributed by atoms with Gasteiger partial charge in [-0.3, -0.25) is 5.32 Å². The van der Waals surface area contributed by atoms with Crippen LogP contribution in [0.15, 0.2) is 18.3 Å². The van der Waals surface area contributed by atoms with Gasteiger partial charge in [0, 0.05) is 33.4 Å². The number of carbonyl (C=O) groups excluding carboxylic acids is 1. The number of anilines is 1. The quantitative estimate of drug-likeness (QED) is 0.388. The number of halogens is 3. The van der Waals surface area contributed by atoms with E-state index in [1.54, 1.807) is 13.8 Å². The average Bonchev–Trinajstić information content (AvgIpc) is 3.02. The van der Waals surface area contributed by atoms with Crippen LogP contribution in [-0.4, -0.2) is 43.8 Å². The lowest BCUT2D eigenvalue weighted by atomic mass is 10.2. The fraction of sp³-hybridized carbons (Fsp3) is 0.500. The molecule has 0 bridgehead atoms. The van der Waals surface area contributed by atoms with E-state index >= 15 is 0 Å².